The van der Waals surface area contributed by atoms with E-state index in [0.29, 0.717) is 24.4 Å². The molecule has 1 heterocycles. The zero-order valence-corrected chi connectivity index (χ0v) is 13.8. The number of hydrogen-bond acceptors (Lipinski definition) is 4. The molecule has 5 heteroatoms. The van der Waals surface area contributed by atoms with Crippen molar-refractivity contribution in [2.45, 2.75) is 45.2 Å². The summed E-state index contributed by atoms with van der Waals surface area (Å²) in [5.74, 6) is 2.03. The summed E-state index contributed by atoms with van der Waals surface area (Å²) in [4.78, 5) is 0. The molecule has 0 radical (unpaired) electrons. The van der Waals surface area contributed by atoms with Crippen LogP contribution in [0.1, 0.15) is 38.5 Å². The molecule has 1 aromatic heterocycles. The quantitative estimate of drug-likeness (QED) is 0.899. The second-order valence-corrected chi connectivity index (χ2v) is 6.68. The summed E-state index contributed by atoms with van der Waals surface area (Å²) in [7, 11) is 0. The monoisotopic (exact) mass is 349 g/mol. The van der Waals surface area contributed by atoms with E-state index < -0.39 is 0 Å². The van der Waals surface area contributed by atoms with Crippen LogP contribution in [0.3, 0.4) is 0 Å². The molecule has 2 unspecified atom stereocenters. The van der Waals surface area contributed by atoms with Gasteiger partial charge in [0.25, 0.3) is 0 Å². The Bertz CT molecular complexity index is 599. The van der Waals surface area contributed by atoms with E-state index in [1.165, 1.54) is 25.7 Å². The van der Waals surface area contributed by atoms with E-state index in [4.69, 9.17) is 4.42 Å². The highest BCUT2D eigenvalue weighted by molar-refractivity contribution is 9.10. The van der Waals surface area contributed by atoms with Crippen LogP contribution in [-0.2, 0) is 6.54 Å². The molecule has 1 saturated carbocycles. The summed E-state index contributed by atoms with van der Waals surface area (Å²) < 4.78 is 6.72. The number of nitrogens with zero attached hydrogens (tertiary/aromatic N) is 2. The first-order valence-corrected chi connectivity index (χ1v) is 8.32. The molecule has 0 bridgehead atoms. The molecule has 21 heavy (non-hydrogen) atoms. The Morgan fingerprint density at radius 2 is 2.14 bits per heavy atom. The Kier molecular flexibility index (Phi) is 4.70. The lowest BCUT2D eigenvalue weighted by Gasteiger charge is -2.27. The third kappa shape index (κ3) is 3.71. The summed E-state index contributed by atoms with van der Waals surface area (Å²) in [5.41, 5.74) is 0.933. The first-order chi connectivity index (χ1) is 10.2. The largest absolute Gasteiger partial charge is 0.419 e. The molecule has 112 valence electrons. The van der Waals surface area contributed by atoms with Crippen molar-refractivity contribution in [3.05, 3.63) is 34.6 Å². The fourth-order valence-corrected chi connectivity index (χ4v) is 3.37. The van der Waals surface area contributed by atoms with Crippen LogP contribution < -0.4 is 5.32 Å². The van der Waals surface area contributed by atoms with E-state index in [1.807, 2.05) is 24.3 Å². The maximum atomic E-state index is 5.75. The fraction of sp³-hybridized carbons (Fsp3) is 0.500. The van der Waals surface area contributed by atoms with E-state index in [2.05, 4.69) is 38.4 Å². The van der Waals surface area contributed by atoms with Gasteiger partial charge in [-0.1, -0.05) is 31.9 Å². The van der Waals surface area contributed by atoms with Crippen molar-refractivity contribution in [2.75, 3.05) is 0 Å². The van der Waals surface area contributed by atoms with Crippen molar-refractivity contribution >= 4 is 15.9 Å². The Morgan fingerprint density at radius 1 is 1.29 bits per heavy atom. The number of hydrogen-bond donors (Lipinski definition) is 1. The van der Waals surface area contributed by atoms with Crippen LogP contribution in [0.15, 0.2) is 33.2 Å². The molecule has 0 spiro atoms. The van der Waals surface area contributed by atoms with Crippen molar-refractivity contribution in [1.29, 1.82) is 0 Å². The normalized spacial score (nSPS) is 22.4. The number of benzene rings is 1. The Labute approximate surface area is 133 Å². The molecule has 0 amide bonds. The van der Waals surface area contributed by atoms with Gasteiger partial charge in [-0.25, -0.2) is 0 Å². The van der Waals surface area contributed by atoms with Gasteiger partial charge in [0.1, 0.15) is 0 Å². The lowest BCUT2D eigenvalue weighted by Crippen LogP contribution is -2.33. The maximum Gasteiger partial charge on any atom is 0.248 e. The molecule has 2 atom stereocenters. The molecule has 0 saturated heterocycles. The van der Waals surface area contributed by atoms with Crippen molar-refractivity contribution < 1.29 is 4.42 Å². The highest BCUT2D eigenvalue weighted by atomic mass is 79.9. The van der Waals surface area contributed by atoms with E-state index >= 15 is 0 Å². The van der Waals surface area contributed by atoms with Crippen LogP contribution in [0, 0.1) is 5.92 Å². The number of aromatic nitrogens is 2. The summed E-state index contributed by atoms with van der Waals surface area (Å²) in [6, 6.07) is 8.45. The highest BCUT2D eigenvalue weighted by Gasteiger charge is 2.19. The first-order valence-electron chi connectivity index (χ1n) is 7.53. The van der Waals surface area contributed by atoms with Crippen molar-refractivity contribution in [2.24, 2.45) is 5.92 Å². The van der Waals surface area contributed by atoms with Crippen LogP contribution in [0.2, 0.25) is 0 Å². The molecule has 3 rings (SSSR count). The van der Waals surface area contributed by atoms with Crippen molar-refractivity contribution in [3.63, 3.8) is 0 Å². The minimum atomic E-state index is 0.566. The van der Waals surface area contributed by atoms with E-state index in [-0.39, 0.29) is 0 Å². The predicted octanol–water partition coefficient (Wildman–Crippen LogP) is 4.17. The fourth-order valence-electron chi connectivity index (χ4n) is 2.92. The van der Waals surface area contributed by atoms with Crippen molar-refractivity contribution in [3.8, 4) is 11.5 Å². The molecule has 4 nitrogen and oxygen atoms in total. The minimum Gasteiger partial charge on any atom is -0.419 e. The van der Waals surface area contributed by atoms with Crippen LogP contribution in [-0.4, -0.2) is 16.2 Å². The molecule has 1 N–H and O–H groups in total. The average molecular weight is 350 g/mol. The number of nitrogens with one attached hydrogen (secondary N) is 1. The summed E-state index contributed by atoms with van der Waals surface area (Å²) in [6.07, 6.45) is 5.15. The molecule has 2 aromatic rings. The van der Waals surface area contributed by atoms with E-state index in [9.17, 15) is 0 Å². The summed E-state index contributed by atoms with van der Waals surface area (Å²) >= 11 is 3.51. The van der Waals surface area contributed by atoms with Gasteiger partial charge < -0.3 is 9.73 Å². The van der Waals surface area contributed by atoms with Gasteiger partial charge in [0.05, 0.1) is 12.1 Å². The van der Waals surface area contributed by atoms with Crippen LogP contribution in [0.5, 0.6) is 0 Å². The summed E-state index contributed by atoms with van der Waals surface area (Å²) in [5, 5.41) is 11.8. The highest BCUT2D eigenvalue weighted by Crippen LogP contribution is 2.27. The molecular formula is C16H20BrN3O. The third-order valence-corrected chi connectivity index (χ3v) is 4.74. The Hall–Kier alpha value is -1.20. The van der Waals surface area contributed by atoms with Gasteiger partial charge in [0.2, 0.25) is 11.8 Å². The maximum absolute atomic E-state index is 5.75. The molecule has 1 aliphatic carbocycles. The van der Waals surface area contributed by atoms with Gasteiger partial charge in [-0.15, -0.1) is 10.2 Å². The molecule has 1 fully saturated rings. The lowest BCUT2D eigenvalue weighted by molar-refractivity contribution is 0.292. The van der Waals surface area contributed by atoms with Gasteiger partial charge in [0, 0.05) is 10.5 Å². The predicted molar refractivity (Wildman–Crippen MR) is 85.7 cm³/mol. The molecule has 0 aliphatic heterocycles. The SMILES string of the molecule is CC1CCCC(NCc2nnc(-c3ccccc3Br)o2)C1. The van der Waals surface area contributed by atoms with E-state index in [1.54, 1.807) is 0 Å². The van der Waals surface area contributed by atoms with Crippen LogP contribution >= 0.6 is 15.9 Å². The lowest BCUT2D eigenvalue weighted by atomic mass is 9.87. The molecule has 1 aromatic carbocycles. The van der Waals surface area contributed by atoms with Crippen molar-refractivity contribution in [1.82, 2.24) is 15.5 Å². The topological polar surface area (TPSA) is 51.0 Å². The van der Waals surface area contributed by atoms with Gasteiger partial charge >= 0.3 is 0 Å². The van der Waals surface area contributed by atoms with E-state index in [0.717, 1.165) is 16.0 Å². The van der Waals surface area contributed by atoms with Gasteiger partial charge in [-0.2, -0.15) is 0 Å². The van der Waals surface area contributed by atoms with Gasteiger partial charge in [0.15, 0.2) is 0 Å². The first kappa shape index (κ1) is 14.7. The molecule has 1 aliphatic rings. The van der Waals surface area contributed by atoms with Gasteiger partial charge in [-0.3, -0.25) is 0 Å². The van der Waals surface area contributed by atoms with Gasteiger partial charge in [-0.05, 0) is 46.8 Å². The zero-order valence-electron chi connectivity index (χ0n) is 12.2. The summed E-state index contributed by atoms with van der Waals surface area (Å²) in [6.45, 7) is 2.97. The van der Waals surface area contributed by atoms with Crippen LogP contribution in [0.4, 0.5) is 0 Å². The minimum absolute atomic E-state index is 0.566. The zero-order chi connectivity index (χ0) is 14.7. The third-order valence-electron chi connectivity index (χ3n) is 4.05. The van der Waals surface area contributed by atoms with Crippen LogP contribution in [0.25, 0.3) is 11.5 Å². The Balaban J connectivity index is 1.62. The smallest absolute Gasteiger partial charge is 0.248 e. The average Bonchev–Trinajstić information content (AvgIpc) is 2.94. The number of halogens is 1. The second kappa shape index (κ2) is 6.71. The Morgan fingerprint density at radius 3 is 2.95 bits per heavy atom. The molecular weight excluding hydrogens is 330 g/mol. The second-order valence-electron chi connectivity index (χ2n) is 5.83. The number of rotatable bonds is 4. The standard InChI is InChI=1S/C16H20BrN3O/c1-11-5-4-6-12(9-11)18-10-15-19-20-16(21-15)13-7-2-3-8-14(13)17/h2-3,7-8,11-12,18H,4-6,9-10H2,1H3.